The number of nitrogens with one attached hydrogen (secondary N) is 1. The first-order chi connectivity index (χ1) is 7.61. The maximum absolute atomic E-state index is 8.71. The highest BCUT2D eigenvalue weighted by molar-refractivity contribution is 6.34. The van der Waals surface area contributed by atoms with E-state index in [9.17, 15) is 0 Å². The van der Waals surface area contributed by atoms with Gasteiger partial charge in [0.2, 0.25) is 0 Å². The Morgan fingerprint density at radius 3 is 2.44 bits per heavy atom. The van der Waals surface area contributed by atoms with Crippen LogP contribution in [0.2, 0.25) is 10.0 Å². The van der Waals surface area contributed by atoms with E-state index in [1.807, 2.05) is 12.1 Å². The third kappa shape index (κ3) is 5.17. The number of aliphatic hydroxyl groups is 1. The van der Waals surface area contributed by atoms with Crippen LogP contribution < -0.4 is 5.32 Å². The number of hydrogen-bond donors (Lipinski definition) is 2. The first-order valence-electron chi connectivity index (χ1n) is 5.41. The maximum Gasteiger partial charge on any atom is 0.0431 e. The van der Waals surface area contributed by atoms with Crippen molar-refractivity contribution in [1.29, 1.82) is 0 Å². The maximum atomic E-state index is 8.71. The Bertz CT molecular complexity index is 311. The summed E-state index contributed by atoms with van der Waals surface area (Å²) in [4.78, 5) is 0. The van der Waals surface area contributed by atoms with Crippen molar-refractivity contribution in [2.75, 3.05) is 6.61 Å². The lowest BCUT2D eigenvalue weighted by Crippen LogP contribution is -2.25. The van der Waals surface area contributed by atoms with Crippen LogP contribution in [0, 0.1) is 0 Å². The van der Waals surface area contributed by atoms with Crippen molar-refractivity contribution in [2.24, 2.45) is 0 Å². The molecule has 0 bridgehead atoms. The molecule has 0 fully saturated rings. The normalized spacial score (nSPS) is 12.8. The van der Waals surface area contributed by atoms with Crippen molar-refractivity contribution in [3.8, 4) is 0 Å². The third-order valence-corrected chi connectivity index (χ3v) is 2.81. The SMILES string of the molecule is CC(CCCO)NCc1cc(Cl)cc(Cl)c1. The fourth-order valence-electron chi connectivity index (χ4n) is 1.50. The molecule has 4 heteroatoms. The molecular weight excluding hydrogens is 245 g/mol. The van der Waals surface area contributed by atoms with Crippen LogP contribution in [0.4, 0.5) is 0 Å². The van der Waals surface area contributed by atoms with Crippen molar-refractivity contribution in [3.05, 3.63) is 33.8 Å². The molecule has 0 aliphatic rings. The van der Waals surface area contributed by atoms with Gasteiger partial charge in [-0.3, -0.25) is 0 Å². The van der Waals surface area contributed by atoms with E-state index >= 15 is 0 Å². The predicted octanol–water partition coefficient (Wildman–Crippen LogP) is 3.24. The minimum absolute atomic E-state index is 0.245. The highest BCUT2D eigenvalue weighted by atomic mass is 35.5. The summed E-state index contributed by atoms with van der Waals surface area (Å²) in [5.74, 6) is 0. The van der Waals surface area contributed by atoms with Gasteiger partial charge in [-0.05, 0) is 43.5 Å². The standard InChI is InChI=1S/C12H17Cl2NO/c1-9(3-2-4-16)15-8-10-5-11(13)7-12(14)6-10/h5-7,9,15-16H,2-4,8H2,1H3. The zero-order valence-electron chi connectivity index (χ0n) is 9.34. The largest absolute Gasteiger partial charge is 0.396 e. The molecule has 2 nitrogen and oxygen atoms in total. The van der Waals surface area contributed by atoms with Gasteiger partial charge in [0.15, 0.2) is 0 Å². The Morgan fingerprint density at radius 2 is 1.88 bits per heavy atom. The fourth-order valence-corrected chi connectivity index (χ4v) is 2.08. The number of aliphatic hydroxyl groups excluding tert-OH is 1. The molecule has 0 radical (unpaired) electrons. The van der Waals surface area contributed by atoms with E-state index in [2.05, 4.69) is 12.2 Å². The summed E-state index contributed by atoms with van der Waals surface area (Å²) >= 11 is 11.8. The van der Waals surface area contributed by atoms with Crippen molar-refractivity contribution in [2.45, 2.75) is 32.4 Å². The molecule has 0 heterocycles. The quantitative estimate of drug-likeness (QED) is 0.824. The van der Waals surface area contributed by atoms with Crippen LogP contribution in [0.3, 0.4) is 0 Å². The van der Waals surface area contributed by atoms with Crippen molar-refractivity contribution < 1.29 is 5.11 Å². The molecule has 16 heavy (non-hydrogen) atoms. The molecule has 1 unspecified atom stereocenters. The second kappa shape index (κ2) is 7.13. The molecule has 1 aromatic rings. The second-order valence-corrected chi connectivity index (χ2v) is 4.80. The average Bonchev–Trinajstić information content (AvgIpc) is 2.22. The fraction of sp³-hybridized carbons (Fsp3) is 0.500. The molecule has 1 rings (SSSR count). The Hall–Kier alpha value is -0.280. The summed E-state index contributed by atoms with van der Waals surface area (Å²) in [5, 5.41) is 13.4. The van der Waals surface area contributed by atoms with E-state index in [1.165, 1.54) is 0 Å². The topological polar surface area (TPSA) is 32.3 Å². The molecule has 1 atom stereocenters. The van der Waals surface area contributed by atoms with Gasteiger partial charge in [0.1, 0.15) is 0 Å². The van der Waals surface area contributed by atoms with Gasteiger partial charge in [0.05, 0.1) is 0 Å². The number of halogens is 2. The van der Waals surface area contributed by atoms with E-state index in [4.69, 9.17) is 28.3 Å². The molecule has 0 aliphatic heterocycles. The molecule has 1 aromatic carbocycles. The van der Waals surface area contributed by atoms with Gasteiger partial charge in [-0.2, -0.15) is 0 Å². The molecule has 0 saturated carbocycles. The smallest absolute Gasteiger partial charge is 0.0431 e. The van der Waals surface area contributed by atoms with Gasteiger partial charge in [-0.25, -0.2) is 0 Å². The number of benzene rings is 1. The van der Waals surface area contributed by atoms with Crippen molar-refractivity contribution >= 4 is 23.2 Å². The van der Waals surface area contributed by atoms with Crippen LogP contribution >= 0.6 is 23.2 Å². The average molecular weight is 262 g/mol. The summed E-state index contributed by atoms with van der Waals surface area (Å²) in [5.41, 5.74) is 1.08. The Balaban J connectivity index is 2.41. The Kier molecular flexibility index (Phi) is 6.14. The monoisotopic (exact) mass is 261 g/mol. The van der Waals surface area contributed by atoms with Crippen molar-refractivity contribution in [1.82, 2.24) is 5.32 Å². The van der Waals surface area contributed by atoms with Gasteiger partial charge < -0.3 is 10.4 Å². The van der Waals surface area contributed by atoms with Crippen LogP contribution in [0.15, 0.2) is 18.2 Å². The van der Waals surface area contributed by atoms with Crippen LogP contribution in [0.5, 0.6) is 0 Å². The predicted molar refractivity (Wildman–Crippen MR) is 69.1 cm³/mol. The van der Waals surface area contributed by atoms with Gasteiger partial charge in [-0.15, -0.1) is 0 Å². The van der Waals surface area contributed by atoms with Gasteiger partial charge in [0, 0.05) is 29.2 Å². The summed E-state index contributed by atoms with van der Waals surface area (Å²) in [6, 6.07) is 5.91. The molecule has 0 aromatic heterocycles. The van der Waals surface area contributed by atoms with Crippen LogP contribution in [-0.4, -0.2) is 17.8 Å². The first kappa shape index (κ1) is 13.8. The summed E-state index contributed by atoms with van der Waals surface area (Å²) in [7, 11) is 0. The Labute approximate surface area is 107 Å². The summed E-state index contributed by atoms with van der Waals surface area (Å²) < 4.78 is 0. The summed E-state index contributed by atoms with van der Waals surface area (Å²) in [6.45, 7) is 3.09. The summed E-state index contributed by atoms with van der Waals surface area (Å²) in [6.07, 6.45) is 1.79. The molecule has 0 saturated heterocycles. The second-order valence-electron chi connectivity index (χ2n) is 3.93. The van der Waals surface area contributed by atoms with Crippen molar-refractivity contribution in [3.63, 3.8) is 0 Å². The van der Waals surface area contributed by atoms with Crippen LogP contribution in [0.25, 0.3) is 0 Å². The molecular formula is C12H17Cl2NO. The number of rotatable bonds is 6. The minimum atomic E-state index is 0.245. The third-order valence-electron chi connectivity index (χ3n) is 2.37. The lowest BCUT2D eigenvalue weighted by Gasteiger charge is -2.13. The molecule has 0 spiro atoms. The molecule has 0 amide bonds. The molecule has 0 aliphatic carbocycles. The zero-order chi connectivity index (χ0) is 12.0. The van der Waals surface area contributed by atoms with E-state index < -0.39 is 0 Å². The van der Waals surface area contributed by atoms with Crippen LogP contribution in [0.1, 0.15) is 25.3 Å². The minimum Gasteiger partial charge on any atom is -0.396 e. The van der Waals surface area contributed by atoms with E-state index in [0.717, 1.165) is 24.9 Å². The zero-order valence-corrected chi connectivity index (χ0v) is 10.9. The lowest BCUT2D eigenvalue weighted by atomic mass is 10.1. The van der Waals surface area contributed by atoms with Gasteiger partial charge >= 0.3 is 0 Å². The lowest BCUT2D eigenvalue weighted by molar-refractivity contribution is 0.276. The Morgan fingerprint density at radius 1 is 1.25 bits per heavy atom. The molecule has 90 valence electrons. The van der Waals surface area contributed by atoms with E-state index in [1.54, 1.807) is 6.07 Å². The van der Waals surface area contributed by atoms with E-state index in [-0.39, 0.29) is 6.61 Å². The van der Waals surface area contributed by atoms with E-state index in [0.29, 0.717) is 16.1 Å². The molecule has 2 N–H and O–H groups in total. The van der Waals surface area contributed by atoms with Crippen LogP contribution in [-0.2, 0) is 6.54 Å². The van der Waals surface area contributed by atoms with Gasteiger partial charge in [-0.1, -0.05) is 23.2 Å². The number of hydrogen-bond acceptors (Lipinski definition) is 2. The highest BCUT2D eigenvalue weighted by Crippen LogP contribution is 2.19. The van der Waals surface area contributed by atoms with Gasteiger partial charge in [0.25, 0.3) is 0 Å². The highest BCUT2D eigenvalue weighted by Gasteiger charge is 2.02. The first-order valence-corrected chi connectivity index (χ1v) is 6.16.